The Morgan fingerprint density at radius 3 is 2.54 bits per heavy atom. The van der Waals surface area contributed by atoms with Crippen molar-refractivity contribution in [2.75, 3.05) is 23.7 Å². The monoisotopic (exact) mass is 367 g/mol. The molecule has 2 fully saturated rings. The number of anilines is 2. The second kappa shape index (κ2) is 6.09. The highest BCUT2D eigenvalue weighted by Gasteiger charge is 2.41. The summed E-state index contributed by atoms with van der Waals surface area (Å²) in [5.74, 6) is 2.01. The fourth-order valence-electron chi connectivity index (χ4n) is 3.90. The average Bonchev–Trinajstić information content (AvgIpc) is 3.25. The molecule has 2 N–H and O–H groups in total. The highest BCUT2D eigenvalue weighted by molar-refractivity contribution is 7.13. The highest BCUT2D eigenvalue weighted by atomic mass is 32.1. The van der Waals surface area contributed by atoms with E-state index in [-0.39, 0.29) is 5.41 Å². The lowest BCUT2D eigenvalue weighted by molar-refractivity contribution is 0.364. The molecule has 0 atom stereocenters. The Balaban J connectivity index is 1.43. The number of hydrogen-bond donors (Lipinski definition) is 1. The molecule has 1 aromatic carbocycles. The van der Waals surface area contributed by atoms with Crippen molar-refractivity contribution in [3.63, 3.8) is 0 Å². The quantitative estimate of drug-likeness (QED) is 0.759. The van der Waals surface area contributed by atoms with Crippen molar-refractivity contribution in [2.45, 2.75) is 37.0 Å². The van der Waals surface area contributed by atoms with Crippen LogP contribution in [0.4, 0.5) is 11.1 Å². The topological polar surface area (TPSA) is 81.1 Å². The molecule has 1 aliphatic carbocycles. The lowest BCUT2D eigenvalue weighted by Gasteiger charge is -2.41. The average molecular weight is 367 g/mol. The van der Waals surface area contributed by atoms with E-state index in [9.17, 15) is 0 Å². The number of thiazole rings is 1. The summed E-state index contributed by atoms with van der Waals surface area (Å²) in [6.07, 6.45) is 4.25. The Kier molecular flexibility index (Phi) is 3.70. The van der Waals surface area contributed by atoms with Crippen LogP contribution in [0.2, 0.25) is 0 Å². The summed E-state index contributed by atoms with van der Waals surface area (Å²) in [7, 11) is 0. The first kappa shape index (κ1) is 15.8. The summed E-state index contributed by atoms with van der Waals surface area (Å²) in [6, 6.07) is 10.6. The lowest BCUT2D eigenvalue weighted by Crippen LogP contribution is -2.44. The van der Waals surface area contributed by atoms with Crippen LogP contribution in [0, 0.1) is 0 Å². The summed E-state index contributed by atoms with van der Waals surface area (Å²) in [6.45, 7) is 1.74. The maximum Gasteiger partial charge on any atom is 0.266 e. The van der Waals surface area contributed by atoms with Gasteiger partial charge in [0, 0.05) is 29.8 Å². The van der Waals surface area contributed by atoms with Gasteiger partial charge < -0.3 is 15.2 Å². The van der Waals surface area contributed by atoms with Gasteiger partial charge in [-0.1, -0.05) is 30.3 Å². The second-order valence-corrected chi connectivity index (χ2v) is 8.10. The first-order chi connectivity index (χ1) is 12.7. The van der Waals surface area contributed by atoms with E-state index in [4.69, 9.17) is 10.3 Å². The minimum Gasteiger partial charge on any atom is -0.375 e. The van der Waals surface area contributed by atoms with Crippen molar-refractivity contribution in [2.24, 2.45) is 0 Å². The maximum atomic E-state index is 5.94. The zero-order valence-electron chi connectivity index (χ0n) is 14.5. The summed E-state index contributed by atoms with van der Waals surface area (Å²) >= 11 is 1.52. The zero-order valence-corrected chi connectivity index (χ0v) is 15.3. The predicted octanol–water partition coefficient (Wildman–Crippen LogP) is 3.57. The van der Waals surface area contributed by atoms with Gasteiger partial charge in [0.15, 0.2) is 5.13 Å². The fourth-order valence-corrected chi connectivity index (χ4v) is 4.56. The van der Waals surface area contributed by atoms with Gasteiger partial charge in [-0.15, -0.1) is 11.3 Å². The summed E-state index contributed by atoms with van der Waals surface area (Å²) < 4.78 is 5.44. The molecule has 3 heterocycles. The van der Waals surface area contributed by atoms with Crippen LogP contribution in [0.15, 0.2) is 40.2 Å². The van der Waals surface area contributed by atoms with Gasteiger partial charge in [0.1, 0.15) is 0 Å². The zero-order chi connectivity index (χ0) is 17.6. The van der Waals surface area contributed by atoms with Crippen molar-refractivity contribution in [1.29, 1.82) is 0 Å². The van der Waals surface area contributed by atoms with E-state index in [1.807, 2.05) is 0 Å². The van der Waals surface area contributed by atoms with Gasteiger partial charge in [-0.2, -0.15) is 4.98 Å². The molecule has 0 radical (unpaired) electrons. The molecule has 0 bridgehead atoms. The van der Waals surface area contributed by atoms with Crippen LogP contribution in [-0.2, 0) is 5.41 Å². The van der Waals surface area contributed by atoms with Gasteiger partial charge in [-0.05, 0) is 36.4 Å². The van der Waals surface area contributed by atoms with Gasteiger partial charge in [0.2, 0.25) is 5.89 Å². The number of nitrogens with zero attached hydrogens (tertiary/aromatic N) is 4. The Morgan fingerprint density at radius 2 is 1.88 bits per heavy atom. The molecule has 0 amide bonds. The molecule has 7 heteroatoms. The molecule has 0 spiro atoms. The Labute approximate surface area is 156 Å². The predicted molar refractivity (Wildman–Crippen MR) is 101 cm³/mol. The van der Waals surface area contributed by atoms with Crippen LogP contribution in [0.25, 0.3) is 0 Å². The van der Waals surface area contributed by atoms with E-state index < -0.39 is 0 Å². The van der Waals surface area contributed by atoms with E-state index in [1.54, 1.807) is 0 Å². The molecule has 2 aromatic heterocycles. The number of nitrogens with two attached hydrogens (primary N) is 1. The normalized spacial score (nSPS) is 19.6. The molecule has 5 rings (SSSR count). The third-order valence-electron chi connectivity index (χ3n) is 5.60. The Hall–Kier alpha value is -2.41. The molecule has 1 aliphatic heterocycles. The van der Waals surface area contributed by atoms with Gasteiger partial charge in [-0.3, -0.25) is 0 Å². The second-order valence-electron chi connectivity index (χ2n) is 7.21. The SMILES string of the molecule is Nc1nc(C2(c3ccccc3)CCN(c3noc(C4CC4)n3)CC2)cs1. The molecule has 26 heavy (non-hydrogen) atoms. The van der Waals surface area contributed by atoms with Crippen LogP contribution >= 0.6 is 11.3 Å². The molecular formula is C19H21N5OS. The van der Waals surface area contributed by atoms with E-state index in [1.165, 1.54) is 29.7 Å². The molecule has 2 aliphatic rings. The number of hydrogen-bond acceptors (Lipinski definition) is 7. The Morgan fingerprint density at radius 1 is 1.12 bits per heavy atom. The minimum absolute atomic E-state index is 0.102. The summed E-state index contributed by atoms with van der Waals surface area (Å²) in [4.78, 5) is 11.5. The largest absolute Gasteiger partial charge is 0.375 e. The molecule has 0 unspecified atom stereocenters. The fraction of sp³-hybridized carbons (Fsp3) is 0.421. The van der Waals surface area contributed by atoms with Gasteiger partial charge >= 0.3 is 0 Å². The van der Waals surface area contributed by atoms with Crippen molar-refractivity contribution < 1.29 is 4.52 Å². The highest BCUT2D eigenvalue weighted by Crippen LogP contribution is 2.43. The van der Waals surface area contributed by atoms with Crippen LogP contribution in [0.1, 0.15) is 48.7 Å². The number of piperidine rings is 1. The molecule has 6 nitrogen and oxygen atoms in total. The first-order valence-corrected chi connectivity index (χ1v) is 9.98. The summed E-state index contributed by atoms with van der Waals surface area (Å²) in [5, 5.41) is 6.94. The Bertz CT molecular complexity index is 894. The van der Waals surface area contributed by atoms with Crippen LogP contribution in [0.5, 0.6) is 0 Å². The van der Waals surface area contributed by atoms with Gasteiger partial charge in [0.25, 0.3) is 5.95 Å². The lowest BCUT2D eigenvalue weighted by atomic mass is 9.71. The standard InChI is InChI=1S/C19H21N5OS/c20-17-21-15(12-26-17)19(14-4-2-1-3-5-14)8-10-24(11-9-19)18-22-16(25-23-18)13-6-7-13/h1-5,12-13H,6-11H2,(H2,20,21). The van der Waals surface area contributed by atoms with Gasteiger partial charge in [0.05, 0.1) is 5.69 Å². The molecule has 3 aromatic rings. The van der Waals surface area contributed by atoms with Gasteiger partial charge in [-0.25, -0.2) is 4.98 Å². The first-order valence-electron chi connectivity index (χ1n) is 9.10. The summed E-state index contributed by atoms with van der Waals surface area (Å²) in [5.41, 5.74) is 8.22. The van der Waals surface area contributed by atoms with Crippen LogP contribution in [-0.4, -0.2) is 28.2 Å². The van der Waals surface area contributed by atoms with E-state index in [0.29, 0.717) is 11.0 Å². The van der Waals surface area contributed by atoms with Crippen molar-refractivity contribution in [1.82, 2.24) is 15.1 Å². The van der Waals surface area contributed by atoms with E-state index in [0.717, 1.165) is 43.5 Å². The van der Waals surface area contributed by atoms with Crippen LogP contribution in [0.3, 0.4) is 0 Å². The third-order valence-corrected chi connectivity index (χ3v) is 6.27. The third kappa shape index (κ3) is 2.67. The number of aromatic nitrogens is 3. The number of nitrogen functional groups attached to an aromatic ring is 1. The number of benzene rings is 1. The molecular weight excluding hydrogens is 346 g/mol. The molecule has 1 saturated heterocycles. The number of rotatable bonds is 4. The van der Waals surface area contributed by atoms with Crippen molar-refractivity contribution >= 4 is 22.4 Å². The van der Waals surface area contributed by atoms with E-state index >= 15 is 0 Å². The smallest absolute Gasteiger partial charge is 0.266 e. The minimum atomic E-state index is -0.102. The maximum absolute atomic E-state index is 5.94. The molecule has 134 valence electrons. The van der Waals surface area contributed by atoms with Crippen molar-refractivity contribution in [3.8, 4) is 0 Å². The van der Waals surface area contributed by atoms with Crippen molar-refractivity contribution in [3.05, 3.63) is 52.9 Å². The molecule has 1 saturated carbocycles. The van der Waals surface area contributed by atoms with E-state index in [2.05, 4.69) is 55.7 Å². The van der Waals surface area contributed by atoms with Crippen LogP contribution < -0.4 is 10.6 Å².